The molecule has 0 atom stereocenters. The normalized spacial score (nSPS) is 13.9. The van der Waals surface area contributed by atoms with Crippen LogP contribution in [-0.2, 0) is 10.8 Å². The molecule has 0 unspecified atom stereocenters. The fourth-order valence-corrected chi connectivity index (χ4v) is 15.1. The number of nitrogens with zero attached hydrogens (tertiary/aromatic N) is 4. The highest BCUT2D eigenvalue weighted by Crippen LogP contribution is 2.65. The molecular weight excluding hydrogens is 985 g/mol. The first-order valence-corrected chi connectivity index (χ1v) is 28.3. The molecule has 0 N–H and O–H groups in total. The van der Waals surface area contributed by atoms with Crippen LogP contribution >= 0.6 is 22.7 Å². The Morgan fingerprint density at radius 1 is 0.346 bits per heavy atom. The van der Waals surface area contributed by atoms with Crippen LogP contribution in [-0.4, -0.2) is 9.97 Å². The third-order valence-electron chi connectivity index (χ3n) is 16.7. The lowest BCUT2D eigenvalue weighted by Gasteiger charge is -2.42. The second-order valence-electron chi connectivity index (χ2n) is 21.3. The predicted octanol–water partition coefficient (Wildman–Crippen LogP) is 19.8. The third-order valence-corrected chi connectivity index (χ3v) is 18.9. The molecule has 0 radical (unpaired) electrons. The van der Waals surface area contributed by atoms with Crippen LogP contribution in [0.1, 0.15) is 47.2 Å². The first-order chi connectivity index (χ1) is 38.4. The monoisotopic (exact) mass is 1030 g/mol. The Morgan fingerprint density at radius 2 is 0.821 bits per heavy atom. The predicted molar refractivity (Wildman–Crippen MR) is 327 cm³/mol. The van der Waals surface area contributed by atoms with E-state index in [-0.39, 0.29) is 5.41 Å². The molecular formula is C72H48N4S2. The van der Waals surface area contributed by atoms with Gasteiger partial charge in [0.1, 0.15) is 10.0 Å². The van der Waals surface area contributed by atoms with E-state index in [1.54, 1.807) is 22.7 Å². The first-order valence-electron chi connectivity index (χ1n) is 26.7. The van der Waals surface area contributed by atoms with E-state index in [1.165, 1.54) is 87.5 Å². The highest BCUT2D eigenvalue weighted by Gasteiger charge is 2.52. The van der Waals surface area contributed by atoms with Crippen LogP contribution in [0.15, 0.2) is 255 Å². The van der Waals surface area contributed by atoms with Gasteiger partial charge < -0.3 is 9.80 Å². The number of aromatic nitrogens is 2. The second-order valence-corrected chi connectivity index (χ2v) is 23.3. The molecule has 2 aromatic heterocycles. The largest absolute Gasteiger partial charge is 0.310 e. The molecule has 0 amide bonds. The van der Waals surface area contributed by atoms with Gasteiger partial charge in [-0.25, -0.2) is 9.97 Å². The van der Waals surface area contributed by atoms with Gasteiger partial charge in [-0.3, -0.25) is 0 Å². The molecule has 16 rings (SSSR count). The lowest BCUT2D eigenvalue weighted by atomic mass is 9.70. The summed E-state index contributed by atoms with van der Waals surface area (Å²) < 4.78 is 2.39. The smallest absolute Gasteiger partial charge is 0.124 e. The summed E-state index contributed by atoms with van der Waals surface area (Å²) in [6, 6.07) is 94.3. The lowest BCUT2D eigenvalue weighted by Crippen LogP contribution is -2.31. The van der Waals surface area contributed by atoms with Crippen molar-refractivity contribution in [2.24, 2.45) is 0 Å². The number of anilines is 6. The van der Waals surface area contributed by atoms with Crippen molar-refractivity contribution in [3.63, 3.8) is 0 Å². The highest BCUT2D eigenvalue weighted by atomic mass is 32.1. The van der Waals surface area contributed by atoms with Crippen LogP contribution in [0.4, 0.5) is 34.1 Å². The van der Waals surface area contributed by atoms with Crippen molar-refractivity contribution in [3.05, 3.63) is 288 Å². The number of hydrogen-bond acceptors (Lipinski definition) is 6. The van der Waals surface area contributed by atoms with Gasteiger partial charge in [-0.2, -0.15) is 0 Å². The molecule has 0 bridgehead atoms. The molecule has 1 spiro atoms. The summed E-state index contributed by atoms with van der Waals surface area (Å²) in [6.45, 7) is 4.75. The zero-order valence-electron chi connectivity index (χ0n) is 42.9. The average Bonchev–Trinajstić information content (AvgIpc) is 4.43. The first kappa shape index (κ1) is 45.0. The Hall–Kier alpha value is -9.20. The Morgan fingerprint density at radius 3 is 1.47 bits per heavy atom. The molecule has 13 aromatic rings. The quantitative estimate of drug-likeness (QED) is 0.159. The standard InChI is InChI=1S/C72H48N4S2/c1-71(2)59-22-10-13-25-65(59)76(66-41-32-48(42-62(66)71)70-74-64-24-12-15-27-68(64)78-70)52-38-40-56-55-39-37-51(43-60(55)72(61(56)44-52)57-20-8-6-18-53(57)54-19-7-9-21-58(54)72)75(49-33-28-46(29-34-49)45-16-4-3-5-17-45)50-35-30-47(31-36-50)69-73-63-23-11-14-26-67(63)77-69/h3-44H,1-2H3. The molecule has 368 valence electrons. The summed E-state index contributed by atoms with van der Waals surface area (Å²) in [5, 5.41) is 2.06. The molecule has 2 aliphatic carbocycles. The SMILES string of the molecule is CC1(C)c2ccccc2N(c2ccc3c(c2)C2(c4ccccc4-c4ccccc42)c2cc(N(c4ccc(-c5ccccc5)cc4)c4ccc(-c5nc6ccccc6s5)cc4)ccc2-3)c2ccc(-c3nc4ccccc4s3)cc21. The fourth-order valence-electron chi connectivity index (χ4n) is 13.1. The van der Waals surface area contributed by atoms with Crippen LogP contribution in [0, 0.1) is 0 Å². The minimum Gasteiger partial charge on any atom is -0.310 e. The number of rotatable bonds is 7. The van der Waals surface area contributed by atoms with E-state index >= 15 is 0 Å². The van der Waals surface area contributed by atoms with E-state index in [0.29, 0.717) is 0 Å². The summed E-state index contributed by atoms with van der Waals surface area (Å²) >= 11 is 3.50. The van der Waals surface area contributed by atoms with Gasteiger partial charge in [0.05, 0.1) is 37.2 Å². The third kappa shape index (κ3) is 6.63. The average molecular weight is 1030 g/mol. The fraction of sp³-hybridized carbons (Fsp3) is 0.0556. The lowest BCUT2D eigenvalue weighted by molar-refractivity contribution is 0.632. The Bertz CT molecular complexity index is 4440. The molecule has 1 aliphatic heterocycles. The van der Waals surface area contributed by atoms with Gasteiger partial charge in [0, 0.05) is 39.3 Å². The Balaban J connectivity index is 0.884. The molecule has 3 aliphatic rings. The topological polar surface area (TPSA) is 32.3 Å². The molecule has 6 heteroatoms. The molecule has 4 nitrogen and oxygen atoms in total. The molecule has 3 heterocycles. The van der Waals surface area contributed by atoms with E-state index in [4.69, 9.17) is 9.97 Å². The Kier molecular flexibility index (Phi) is 9.90. The molecule has 78 heavy (non-hydrogen) atoms. The zero-order chi connectivity index (χ0) is 51.7. The second kappa shape index (κ2) is 17.2. The summed E-state index contributed by atoms with van der Waals surface area (Å²) in [5.74, 6) is 0. The van der Waals surface area contributed by atoms with Crippen molar-refractivity contribution >= 4 is 77.2 Å². The van der Waals surface area contributed by atoms with E-state index in [0.717, 1.165) is 54.9 Å². The summed E-state index contributed by atoms with van der Waals surface area (Å²) in [5.41, 5.74) is 25.4. The summed E-state index contributed by atoms with van der Waals surface area (Å²) in [4.78, 5) is 15.1. The molecule has 11 aromatic carbocycles. The van der Waals surface area contributed by atoms with Gasteiger partial charge in [0.25, 0.3) is 0 Å². The van der Waals surface area contributed by atoms with Crippen LogP contribution in [0.5, 0.6) is 0 Å². The minimum atomic E-state index is -0.614. The summed E-state index contributed by atoms with van der Waals surface area (Å²) in [7, 11) is 0. The maximum atomic E-state index is 5.13. The molecule has 0 saturated carbocycles. The van der Waals surface area contributed by atoms with Crippen molar-refractivity contribution in [3.8, 4) is 54.5 Å². The highest BCUT2D eigenvalue weighted by molar-refractivity contribution is 7.22. The summed E-state index contributed by atoms with van der Waals surface area (Å²) in [6.07, 6.45) is 0. The van der Waals surface area contributed by atoms with Crippen molar-refractivity contribution in [2.75, 3.05) is 9.80 Å². The maximum Gasteiger partial charge on any atom is 0.124 e. The number of fused-ring (bicyclic) bond motifs is 14. The van der Waals surface area contributed by atoms with E-state index < -0.39 is 5.41 Å². The van der Waals surface area contributed by atoms with Crippen LogP contribution in [0.25, 0.3) is 75.0 Å². The van der Waals surface area contributed by atoms with Crippen LogP contribution in [0.2, 0.25) is 0 Å². The van der Waals surface area contributed by atoms with Crippen molar-refractivity contribution in [1.29, 1.82) is 0 Å². The van der Waals surface area contributed by atoms with E-state index in [2.05, 4.69) is 278 Å². The van der Waals surface area contributed by atoms with Crippen LogP contribution < -0.4 is 9.80 Å². The van der Waals surface area contributed by atoms with Crippen molar-refractivity contribution < 1.29 is 0 Å². The van der Waals surface area contributed by atoms with Crippen molar-refractivity contribution in [2.45, 2.75) is 24.7 Å². The van der Waals surface area contributed by atoms with E-state index in [9.17, 15) is 0 Å². The van der Waals surface area contributed by atoms with Crippen LogP contribution in [0.3, 0.4) is 0 Å². The van der Waals surface area contributed by atoms with E-state index in [1.807, 2.05) is 0 Å². The molecule has 0 fully saturated rings. The van der Waals surface area contributed by atoms with Gasteiger partial charge in [-0.1, -0.05) is 159 Å². The number of thiazole rings is 2. The Labute approximate surface area is 461 Å². The van der Waals surface area contributed by atoms with Gasteiger partial charge >= 0.3 is 0 Å². The maximum absolute atomic E-state index is 5.13. The van der Waals surface area contributed by atoms with Crippen molar-refractivity contribution in [1.82, 2.24) is 9.97 Å². The zero-order valence-corrected chi connectivity index (χ0v) is 44.5. The minimum absolute atomic E-state index is 0.271. The number of para-hydroxylation sites is 3. The van der Waals surface area contributed by atoms with Gasteiger partial charge in [-0.05, 0) is 176 Å². The number of benzene rings is 11. The molecule has 0 saturated heterocycles. The van der Waals surface area contributed by atoms with Gasteiger partial charge in [-0.15, -0.1) is 22.7 Å². The van der Waals surface area contributed by atoms with Gasteiger partial charge in [0.15, 0.2) is 0 Å². The van der Waals surface area contributed by atoms with Gasteiger partial charge in [0.2, 0.25) is 0 Å². The number of hydrogen-bond donors (Lipinski definition) is 0.